The summed E-state index contributed by atoms with van der Waals surface area (Å²) in [6, 6.07) is 7.11. The molecule has 1 aromatic carbocycles. The quantitative estimate of drug-likeness (QED) is 0.662. The average Bonchev–Trinajstić information content (AvgIpc) is 3.00. The van der Waals surface area contributed by atoms with Crippen LogP contribution in [0.5, 0.6) is 5.75 Å². The molecule has 136 valence electrons. The lowest BCUT2D eigenvalue weighted by Gasteiger charge is -2.17. The number of carboxylic acids is 1. The predicted octanol–water partition coefficient (Wildman–Crippen LogP) is 4.13. The first-order valence-electron chi connectivity index (χ1n) is 8.24. The highest BCUT2D eigenvalue weighted by Gasteiger charge is 2.18. The molecule has 0 saturated carbocycles. The van der Waals surface area contributed by atoms with Gasteiger partial charge in [0.1, 0.15) is 17.5 Å². The first-order chi connectivity index (χ1) is 12.5. The molecule has 2 aromatic heterocycles. The van der Waals surface area contributed by atoms with Crippen LogP contribution in [0.1, 0.15) is 43.0 Å². The van der Waals surface area contributed by atoms with E-state index in [1.807, 2.05) is 26.0 Å². The lowest BCUT2D eigenvalue weighted by atomic mass is 10.1. The Morgan fingerprint density at radius 3 is 2.81 bits per heavy atom. The van der Waals surface area contributed by atoms with E-state index in [1.54, 1.807) is 12.1 Å². The molecule has 0 radical (unpaired) electrons. The van der Waals surface area contributed by atoms with E-state index in [0.29, 0.717) is 39.6 Å². The molecule has 0 fully saturated rings. The highest BCUT2D eigenvalue weighted by atomic mass is 35.5. The van der Waals surface area contributed by atoms with Crippen LogP contribution < -0.4 is 4.74 Å². The molecule has 3 rings (SSSR count). The lowest BCUT2D eigenvalue weighted by Crippen LogP contribution is -2.09. The normalized spacial score (nSPS) is 12.3. The summed E-state index contributed by atoms with van der Waals surface area (Å²) in [5, 5.41) is 22.1. The van der Waals surface area contributed by atoms with Crippen molar-refractivity contribution < 1.29 is 19.2 Å². The van der Waals surface area contributed by atoms with Gasteiger partial charge in [-0.15, -0.1) is 0 Å². The van der Waals surface area contributed by atoms with E-state index in [2.05, 4.69) is 15.4 Å². The maximum atomic E-state index is 10.7. The molecule has 0 saturated heterocycles. The van der Waals surface area contributed by atoms with Crippen LogP contribution in [0.15, 0.2) is 28.8 Å². The van der Waals surface area contributed by atoms with Gasteiger partial charge < -0.3 is 14.4 Å². The van der Waals surface area contributed by atoms with E-state index in [1.165, 1.54) is 0 Å². The highest BCUT2D eigenvalue weighted by molar-refractivity contribution is 6.32. The van der Waals surface area contributed by atoms with Gasteiger partial charge in [0.05, 0.1) is 22.8 Å². The van der Waals surface area contributed by atoms with Gasteiger partial charge in [0.15, 0.2) is 5.58 Å². The zero-order chi connectivity index (χ0) is 18.7. The van der Waals surface area contributed by atoms with E-state index in [-0.39, 0.29) is 18.9 Å². The fourth-order valence-corrected chi connectivity index (χ4v) is 2.78. The second-order valence-corrected chi connectivity index (χ2v) is 6.32. The molecule has 0 aliphatic carbocycles. The molecule has 0 bridgehead atoms. The molecule has 7 nitrogen and oxygen atoms in total. The number of aliphatic carboxylic acids is 1. The standard InChI is InChI=1S/C18H18ClN3O4/c1-3-15(14-5-4-10(2)20-21-14)25-17-9-16-11(8-12(17)19)13(22-26-16)6-7-18(23)24/h4-5,8-9,15H,3,6-7H2,1-2H3,(H,23,24). The number of carboxylic acid groups (broad SMARTS) is 1. The van der Waals surface area contributed by atoms with Crippen LogP contribution in [0.2, 0.25) is 5.02 Å². The van der Waals surface area contributed by atoms with Gasteiger partial charge >= 0.3 is 5.97 Å². The molecule has 26 heavy (non-hydrogen) atoms. The maximum Gasteiger partial charge on any atom is 0.303 e. The van der Waals surface area contributed by atoms with Crippen LogP contribution in [0, 0.1) is 6.92 Å². The minimum Gasteiger partial charge on any atom is -0.482 e. The largest absolute Gasteiger partial charge is 0.482 e. The number of hydrogen-bond acceptors (Lipinski definition) is 6. The molecule has 2 heterocycles. The van der Waals surface area contributed by atoms with Crippen molar-refractivity contribution in [1.82, 2.24) is 15.4 Å². The number of halogens is 1. The van der Waals surface area contributed by atoms with Crippen molar-refractivity contribution in [3.05, 3.63) is 46.4 Å². The van der Waals surface area contributed by atoms with Crippen molar-refractivity contribution >= 4 is 28.5 Å². The smallest absolute Gasteiger partial charge is 0.303 e. The molecule has 0 spiro atoms. The van der Waals surface area contributed by atoms with E-state index < -0.39 is 5.97 Å². The van der Waals surface area contributed by atoms with Crippen LogP contribution >= 0.6 is 11.6 Å². The molecule has 8 heteroatoms. The van der Waals surface area contributed by atoms with Crippen LogP contribution in [0.3, 0.4) is 0 Å². The highest BCUT2D eigenvalue weighted by Crippen LogP contribution is 2.35. The van der Waals surface area contributed by atoms with Gasteiger partial charge in [0.2, 0.25) is 0 Å². The molecule has 3 aromatic rings. The monoisotopic (exact) mass is 375 g/mol. The number of aryl methyl sites for hydroxylation is 2. The van der Waals surface area contributed by atoms with Gasteiger partial charge in [-0.05, 0) is 31.5 Å². The van der Waals surface area contributed by atoms with Crippen molar-refractivity contribution in [3.63, 3.8) is 0 Å². The summed E-state index contributed by atoms with van der Waals surface area (Å²) in [4.78, 5) is 10.7. The molecule has 0 amide bonds. The molecule has 1 N–H and O–H groups in total. The van der Waals surface area contributed by atoms with Gasteiger partial charge in [-0.3, -0.25) is 4.79 Å². The predicted molar refractivity (Wildman–Crippen MR) is 95.4 cm³/mol. The van der Waals surface area contributed by atoms with Crippen molar-refractivity contribution in [3.8, 4) is 5.75 Å². The van der Waals surface area contributed by atoms with Gasteiger partial charge in [-0.25, -0.2) is 0 Å². The van der Waals surface area contributed by atoms with Crippen LogP contribution in [0.4, 0.5) is 0 Å². The fraction of sp³-hybridized carbons (Fsp3) is 0.333. The van der Waals surface area contributed by atoms with Gasteiger partial charge in [-0.1, -0.05) is 23.7 Å². The summed E-state index contributed by atoms with van der Waals surface area (Å²) < 4.78 is 11.3. The number of hydrogen-bond donors (Lipinski definition) is 1. The summed E-state index contributed by atoms with van der Waals surface area (Å²) >= 11 is 6.36. The zero-order valence-electron chi connectivity index (χ0n) is 14.4. The SMILES string of the molecule is CCC(Oc1cc2onc(CCC(=O)O)c2cc1Cl)c1ccc(C)nn1. The zero-order valence-corrected chi connectivity index (χ0v) is 15.2. The number of rotatable bonds is 7. The Hall–Kier alpha value is -2.67. The molecular formula is C18H18ClN3O4. The summed E-state index contributed by atoms with van der Waals surface area (Å²) in [5.74, 6) is -0.438. The lowest BCUT2D eigenvalue weighted by molar-refractivity contribution is -0.136. The maximum absolute atomic E-state index is 10.7. The second-order valence-electron chi connectivity index (χ2n) is 5.92. The van der Waals surface area contributed by atoms with E-state index >= 15 is 0 Å². The van der Waals surface area contributed by atoms with Gasteiger partial charge in [0.25, 0.3) is 0 Å². The number of nitrogens with zero attached hydrogens (tertiary/aromatic N) is 3. The summed E-state index contributed by atoms with van der Waals surface area (Å²) in [6.45, 7) is 3.85. The molecular weight excluding hydrogens is 358 g/mol. The fourth-order valence-electron chi connectivity index (χ4n) is 2.57. The Morgan fingerprint density at radius 2 is 2.15 bits per heavy atom. The third-order valence-electron chi connectivity index (χ3n) is 3.96. The number of carbonyl (C=O) groups is 1. The molecule has 0 aliphatic heterocycles. The Labute approximate surface area is 154 Å². The van der Waals surface area contributed by atoms with Crippen molar-refractivity contribution in [2.24, 2.45) is 0 Å². The molecule has 1 unspecified atom stereocenters. The van der Waals surface area contributed by atoms with Crippen LogP contribution in [-0.2, 0) is 11.2 Å². The number of ether oxygens (including phenoxy) is 1. The first-order valence-corrected chi connectivity index (χ1v) is 8.62. The number of fused-ring (bicyclic) bond motifs is 1. The Balaban J connectivity index is 1.86. The van der Waals surface area contributed by atoms with Crippen molar-refractivity contribution in [2.45, 2.75) is 39.2 Å². The van der Waals surface area contributed by atoms with E-state index in [9.17, 15) is 4.79 Å². The van der Waals surface area contributed by atoms with Crippen molar-refractivity contribution in [2.75, 3.05) is 0 Å². The minimum atomic E-state index is -0.891. The van der Waals surface area contributed by atoms with Gasteiger partial charge in [0, 0.05) is 17.9 Å². The Kier molecular flexibility index (Phi) is 5.37. The third-order valence-corrected chi connectivity index (χ3v) is 4.26. The Morgan fingerprint density at radius 1 is 1.35 bits per heavy atom. The third kappa shape index (κ3) is 3.94. The van der Waals surface area contributed by atoms with E-state index in [0.717, 1.165) is 5.69 Å². The number of benzene rings is 1. The van der Waals surface area contributed by atoms with Crippen LogP contribution in [0.25, 0.3) is 11.0 Å². The summed E-state index contributed by atoms with van der Waals surface area (Å²) in [6.07, 6.45) is 0.635. The first kappa shape index (κ1) is 18.1. The van der Waals surface area contributed by atoms with E-state index in [4.69, 9.17) is 26.0 Å². The molecule has 1 atom stereocenters. The minimum absolute atomic E-state index is 0.0263. The summed E-state index contributed by atoms with van der Waals surface area (Å²) in [7, 11) is 0. The van der Waals surface area contributed by atoms with Gasteiger partial charge in [-0.2, -0.15) is 10.2 Å². The summed E-state index contributed by atoms with van der Waals surface area (Å²) in [5.41, 5.74) is 2.61. The molecule has 0 aliphatic rings. The Bertz CT molecular complexity index is 924. The average molecular weight is 376 g/mol. The van der Waals surface area contributed by atoms with Crippen molar-refractivity contribution in [1.29, 1.82) is 0 Å². The topological polar surface area (TPSA) is 98.3 Å². The second kappa shape index (κ2) is 7.70. The van der Waals surface area contributed by atoms with Crippen LogP contribution in [-0.4, -0.2) is 26.4 Å². The number of aromatic nitrogens is 3.